The Labute approximate surface area is 157 Å². The highest BCUT2D eigenvalue weighted by Gasteiger charge is 2.28. The standard InChI is InChI=1S/C21H32N2O3/c1-10-22-17(5)14(2)13-15(3)18(6)23-11-12-26-20(25)16(4)19(24)21(7,8)9/h13,23H,3-4,6,10-12H2,1-2,5,7-9H3/b14-13+,22-17?. The number of ether oxygens (including phenoxy) is 1. The first kappa shape index (κ1) is 23.6. The third-order valence-corrected chi connectivity index (χ3v) is 3.62. The van der Waals surface area contributed by atoms with Crippen LogP contribution in [0.3, 0.4) is 0 Å². The van der Waals surface area contributed by atoms with Crippen molar-refractivity contribution >= 4 is 17.5 Å². The van der Waals surface area contributed by atoms with Crippen molar-refractivity contribution in [2.75, 3.05) is 19.7 Å². The van der Waals surface area contributed by atoms with Crippen molar-refractivity contribution in [2.24, 2.45) is 10.4 Å². The van der Waals surface area contributed by atoms with Gasteiger partial charge in [0, 0.05) is 29.9 Å². The van der Waals surface area contributed by atoms with Crippen LogP contribution in [0.15, 0.2) is 53.2 Å². The van der Waals surface area contributed by atoms with Crippen molar-refractivity contribution in [1.29, 1.82) is 0 Å². The number of hydrogen-bond donors (Lipinski definition) is 1. The van der Waals surface area contributed by atoms with E-state index in [4.69, 9.17) is 4.74 Å². The molecule has 0 spiro atoms. The first-order valence-electron chi connectivity index (χ1n) is 8.64. The zero-order chi connectivity index (χ0) is 20.5. The molecule has 0 aromatic rings. The third-order valence-electron chi connectivity index (χ3n) is 3.62. The fourth-order valence-corrected chi connectivity index (χ4v) is 1.91. The molecule has 0 aromatic carbocycles. The van der Waals surface area contributed by atoms with Crippen LogP contribution in [0.5, 0.6) is 0 Å². The molecule has 0 aliphatic heterocycles. The van der Waals surface area contributed by atoms with E-state index in [-0.39, 0.29) is 18.0 Å². The highest BCUT2D eigenvalue weighted by Crippen LogP contribution is 2.19. The summed E-state index contributed by atoms with van der Waals surface area (Å²) in [5.74, 6) is -1.02. The Hall–Kier alpha value is -2.43. The number of nitrogens with zero attached hydrogens (tertiary/aromatic N) is 1. The first-order valence-corrected chi connectivity index (χ1v) is 8.64. The molecule has 5 heteroatoms. The number of allylic oxidation sites excluding steroid dienone is 2. The zero-order valence-corrected chi connectivity index (χ0v) is 17.0. The molecule has 0 aliphatic rings. The molecule has 5 nitrogen and oxygen atoms in total. The van der Waals surface area contributed by atoms with Crippen LogP contribution in [0.25, 0.3) is 0 Å². The second-order valence-electron chi connectivity index (χ2n) is 7.01. The summed E-state index contributed by atoms with van der Waals surface area (Å²) < 4.78 is 5.07. The molecule has 0 radical (unpaired) electrons. The maximum Gasteiger partial charge on any atom is 0.341 e. The maximum atomic E-state index is 12.0. The van der Waals surface area contributed by atoms with Crippen molar-refractivity contribution < 1.29 is 14.3 Å². The van der Waals surface area contributed by atoms with Gasteiger partial charge in [0.15, 0.2) is 5.78 Å². The fraction of sp³-hybridized carbons (Fsp3) is 0.476. The van der Waals surface area contributed by atoms with Gasteiger partial charge in [0.2, 0.25) is 0 Å². The molecule has 144 valence electrons. The fourth-order valence-electron chi connectivity index (χ4n) is 1.91. The predicted octanol–water partition coefficient (Wildman–Crippen LogP) is 3.79. The van der Waals surface area contributed by atoms with Crippen molar-refractivity contribution in [1.82, 2.24) is 5.32 Å². The average Bonchev–Trinajstić information content (AvgIpc) is 2.55. The third kappa shape index (κ3) is 8.10. The van der Waals surface area contributed by atoms with E-state index in [1.807, 2.05) is 26.8 Å². The molecule has 0 heterocycles. The van der Waals surface area contributed by atoms with Crippen LogP contribution < -0.4 is 5.32 Å². The van der Waals surface area contributed by atoms with E-state index in [1.54, 1.807) is 20.8 Å². The Bertz CT molecular complexity index is 647. The number of carbonyl (C=O) groups is 2. The average molecular weight is 360 g/mol. The van der Waals surface area contributed by atoms with Crippen LogP contribution in [0, 0.1) is 5.41 Å². The van der Waals surface area contributed by atoms with Gasteiger partial charge >= 0.3 is 5.97 Å². The summed E-state index contributed by atoms with van der Waals surface area (Å²) in [6.07, 6.45) is 1.90. The molecule has 0 unspecified atom stereocenters. The molecule has 0 atom stereocenters. The van der Waals surface area contributed by atoms with E-state index in [0.717, 1.165) is 23.4 Å². The van der Waals surface area contributed by atoms with E-state index in [1.165, 1.54) is 0 Å². The number of rotatable bonds is 10. The lowest BCUT2D eigenvalue weighted by Crippen LogP contribution is -2.28. The summed E-state index contributed by atoms with van der Waals surface area (Å²) in [4.78, 5) is 28.2. The highest BCUT2D eigenvalue weighted by molar-refractivity contribution is 6.18. The molecule has 0 saturated heterocycles. The number of esters is 1. The van der Waals surface area contributed by atoms with Crippen LogP contribution in [0.4, 0.5) is 0 Å². The first-order chi connectivity index (χ1) is 11.9. The normalized spacial score (nSPS) is 12.4. The summed E-state index contributed by atoms with van der Waals surface area (Å²) in [5, 5.41) is 3.04. The van der Waals surface area contributed by atoms with Gasteiger partial charge in [-0.2, -0.15) is 0 Å². The van der Waals surface area contributed by atoms with E-state index >= 15 is 0 Å². The van der Waals surface area contributed by atoms with Crippen LogP contribution in [-0.4, -0.2) is 37.2 Å². The topological polar surface area (TPSA) is 67.8 Å². The van der Waals surface area contributed by atoms with Crippen LogP contribution in [-0.2, 0) is 14.3 Å². The largest absolute Gasteiger partial charge is 0.460 e. The Balaban J connectivity index is 4.43. The Morgan fingerprint density at radius 3 is 2.23 bits per heavy atom. The minimum Gasteiger partial charge on any atom is -0.460 e. The molecule has 0 rings (SSSR count). The van der Waals surface area contributed by atoms with Gasteiger partial charge in [0.1, 0.15) is 6.61 Å². The lowest BCUT2D eigenvalue weighted by molar-refractivity contribution is -0.141. The lowest BCUT2D eigenvalue weighted by atomic mass is 9.87. The number of nitrogens with one attached hydrogen (secondary N) is 1. The second-order valence-corrected chi connectivity index (χ2v) is 7.01. The minimum atomic E-state index is -0.696. The molecular formula is C21H32N2O3. The maximum absolute atomic E-state index is 12.0. The van der Waals surface area contributed by atoms with E-state index < -0.39 is 11.4 Å². The Morgan fingerprint density at radius 1 is 1.15 bits per heavy atom. The van der Waals surface area contributed by atoms with Crippen LogP contribution >= 0.6 is 0 Å². The van der Waals surface area contributed by atoms with Crippen LogP contribution in [0.2, 0.25) is 0 Å². The zero-order valence-electron chi connectivity index (χ0n) is 17.0. The summed E-state index contributed by atoms with van der Waals surface area (Å²) in [7, 11) is 0. The van der Waals surface area contributed by atoms with Crippen molar-refractivity contribution in [3.63, 3.8) is 0 Å². The monoisotopic (exact) mass is 360 g/mol. The molecule has 1 N–H and O–H groups in total. The summed E-state index contributed by atoms with van der Waals surface area (Å²) in [6.45, 7) is 23.7. The molecule has 0 amide bonds. The van der Waals surface area contributed by atoms with Crippen LogP contribution in [0.1, 0.15) is 41.5 Å². The number of aliphatic imine (C=N–C) groups is 1. The van der Waals surface area contributed by atoms with Gasteiger partial charge in [-0.3, -0.25) is 9.79 Å². The number of Topliss-reactive ketones (excluding diaryl/α,β-unsaturated/α-hetero) is 1. The minimum absolute atomic E-state index is 0.0978. The Kier molecular flexibility index (Phi) is 9.55. The van der Waals surface area contributed by atoms with Crippen molar-refractivity contribution in [3.8, 4) is 0 Å². The molecule has 0 fully saturated rings. The molecule has 0 aliphatic carbocycles. The molecule has 0 aromatic heterocycles. The predicted molar refractivity (Wildman–Crippen MR) is 108 cm³/mol. The SMILES string of the molecule is C=C(/C=C(\C)C(C)=NCC)C(=C)NCCOC(=O)C(=C)C(=O)C(C)(C)C. The number of ketones is 1. The lowest BCUT2D eigenvalue weighted by Gasteiger charge is -2.17. The molecule has 26 heavy (non-hydrogen) atoms. The smallest absolute Gasteiger partial charge is 0.341 e. The molecular weight excluding hydrogens is 328 g/mol. The van der Waals surface area contributed by atoms with Gasteiger partial charge < -0.3 is 10.1 Å². The van der Waals surface area contributed by atoms with Gasteiger partial charge in [-0.05, 0) is 38.0 Å². The van der Waals surface area contributed by atoms with Crippen molar-refractivity contribution in [2.45, 2.75) is 41.5 Å². The van der Waals surface area contributed by atoms with Gasteiger partial charge in [-0.15, -0.1) is 0 Å². The van der Waals surface area contributed by atoms with Gasteiger partial charge in [0.05, 0.1) is 5.57 Å². The summed E-state index contributed by atoms with van der Waals surface area (Å²) >= 11 is 0. The van der Waals surface area contributed by atoms with Gasteiger partial charge in [-0.1, -0.05) is 40.5 Å². The quantitative estimate of drug-likeness (QED) is 0.122. The summed E-state index contributed by atoms with van der Waals surface area (Å²) in [6, 6.07) is 0. The summed E-state index contributed by atoms with van der Waals surface area (Å²) in [5.41, 5.74) is 2.54. The number of carbonyl (C=O) groups excluding carboxylic acids is 2. The van der Waals surface area contributed by atoms with Gasteiger partial charge in [-0.25, -0.2) is 4.79 Å². The molecule has 0 saturated carbocycles. The second kappa shape index (κ2) is 10.5. The van der Waals surface area contributed by atoms with Gasteiger partial charge in [0.25, 0.3) is 0 Å². The van der Waals surface area contributed by atoms with E-state index in [9.17, 15) is 9.59 Å². The van der Waals surface area contributed by atoms with Crippen molar-refractivity contribution in [3.05, 3.63) is 48.2 Å². The number of hydrogen-bond acceptors (Lipinski definition) is 5. The van der Waals surface area contributed by atoms with E-state index in [0.29, 0.717) is 12.2 Å². The molecule has 0 bridgehead atoms. The highest BCUT2D eigenvalue weighted by atomic mass is 16.5. The van der Waals surface area contributed by atoms with E-state index in [2.05, 4.69) is 30.0 Å². The Morgan fingerprint density at radius 2 is 1.73 bits per heavy atom.